The first-order valence-electron chi connectivity index (χ1n) is 14.1. The molecule has 0 aromatic heterocycles. The molecule has 0 aliphatic carbocycles. The Balaban J connectivity index is 2.33. The van der Waals surface area contributed by atoms with Crippen LogP contribution in [0.2, 0.25) is 0 Å². The molecule has 218 valence electrons. The second kappa shape index (κ2) is 14.0. The number of carbonyl (C=O) groups excluding carboxylic acids is 1. The van der Waals surface area contributed by atoms with E-state index in [4.69, 9.17) is 14.2 Å². The normalized spacial score (nSPS) is 44.2. The van der Waals surface area contributed by atoms with Crippen LogP contribution in [-0.2, 0) is 19.0 Å². The molecule has 0 saturated carbocycles. The third-order valence-corrected chi connectivity index (χ3v) is 8.45. The molecule has 2 rings (SSSR count). The Morgan fingerprint density at radius 3 is 2.32 bits per heavy atom. The van der Waals surface area contributed by atoms with Crippen molar-refractivity contribution in [3.05, 3.63) is 0 Å². The van der Waals surface area contributed by atoms with E-state index in [0.29, 0.717) is 32.2 Å². The maximum atomic E-state index is 12.9. The van der Waals surface area contributed by atoms with Crippen molar-refractivity contribution < 1.29 is 34.3 Å². The van der Waals surface area contributed by atoms with E-state index in [1.807, 2.05) is 41.9 Å². The highest BCUT2D eigenvalue weighted by Crippen LogP contribution is 2.33. The lowest BCUT2D eigenvalue weighted by Gasteiger charge is -2.42. The number of hydrogen-bond donors (Lipinski definition) is 3. The summed E-state index contributed by atoms with van der Waals surface area (Å²) in [7, 11) is 6.04. The molecule has 2 saturated heterocycles. The number of aliphatic hydroxyl groups excluding tert-OH is 2. The Hall–Kier alpha value is -0.810. The molecule has 2 aliphatic rings. The average molecular weight is 531 g/mol. The van der Waals surface area contributed by atoms with Gasteiger partial charge in [0.05, 0.1) is 35.9 Å². The summed E-state index contributed by atoms with van der Waals surface area (Å²) in [4.78, 5) is 17.2. The summed E-state index contributed by atoms with van der Waals surface area (Å²) in [6.07, 6.45) is -0.506. The van der Waals surface area contributed by atoms with Gasteiger partial charge in [-0.1, -0.05) is 13.8 Å². The van der Waals surface area contributed by atoms with Crippen LogP contribution in [-0.4, -0.2) is 113 Å². The van der Waals surface area contributed by atoms with Crippen molar-refractivity contribution in [1.29, 1.82) is 0 Å². The summed E-state index contributed by atoms with van der Waals surface area (Å²) < 4.78 is 18.2. The van der Waals surface area contributed by atoms with Gasteiger partial charge in [0, 0.05) is 37.9 Å². The van der Waals surface area contributed by atoms with Crippen molar-refractivity contribution >= 4 is 5.97 Å². The van der Waals surface area contributed by atoms with Crippen LogP contribution in [0.5, 0.6) is 0 Å². The van der Waals surface area contributed by atoms with E-state index in [1.54, 1.807) is 13.8 Å². The van der Waals surface area contributed by atoms with E-state index in [2.05, 4.69) is 16.7 Å². The van der Waals surface area contributed by atoms with Crippen molar-refractivity contribution in [2.75, 3.05) is 27.7 Å². The molecule has 2 heterocycles. The minimum atomic E-state index is -1.28. The highest BCUT2D eigenvalue weighted by atomic mass is 16.7. The highest BCUT2D eigenvalue weighted by Gasteiger charge is 2.42. The molecule has 11 atom stereocenters. The van der Waals surface area contributed by atoms with E-state index in [9.17, 15) is 20.1 Å². The lowest BCUT2D eigenvalue weighted by Crippen LogP contribution is -2.51. The molecule has 0 spiro atoms. The smallest absolute Gasteiger partial charge is 0.311 e. The quantitative estimate of drug-likeness (QED) is 0.472. The maximum Gasteiger partial charge on any atom is 0.311 e. The third-order valence-electron chi connectivity index (χ3n) is 8.45. The molecule has 9 heteroatoms. The molecule has 0 amide bonds. The van der Waals surface area contributed by atoms with Gasteiger partial charge < -0.3 is 39.3 Å². The van der Waals surface area contributed by atoms with Gasteiger partial charge >= 0.3 is 5.97 Å². The monoisotopic (exact) mass is 530 g/mol. The SMILES string of the molecule is CC[C@@H]1CC(O)C(C)N(C)C[C@H](C)C[C@@](C)(O)[C@H](OC2CC(N(C)C)CC(C)O2)C[C@H](O)C(C)C(=O)O1. The zero-order valence-corrected chi connectivity index (χ0v) is 24.6. The topological polar surface area (TPSA) is 112 Å². The second-order valence-corrected chi connectivity index (χ2v) is 12.3. The molecule has 0 aromatic carbocycles. The van der Waals surface area contributed by atoms with E-state index in [1.165, 1.54) is 0 Å². The van der Waals surface area contributed by atoms with Crippen molar-refractivity contribution in [3.63, 3.8) is 0 Å². The molecule has 2 fully saturated rings. The number of ether oxygens (including phenoxy) is 3. The summed E-state index contributed by atoms with van der Waals surface area (Å²) in [6.45, 7) is 12.0. The first kappa shape index (κ1) is 32.4. The van der Waals surface area contributed by atoms with Gasteiger partial charge in [-0.25, -0.2) is 0 Å². The Morgan fingerprint density at radius 2 is 1.73 bits per heavy atom. The van der Waals surface area contributed by atoms with Crippen LogP contribution in [0.15, 0.2) is 0 Å². The zero-order valence-electron chi connectivity index (χ0n) is 24.6. The second-order valence-electron chi connectivity index (χ2n) is 12.3. The summed E-state index contributed by atoms with van der Waals surface area (Å²) in [5.74, 6) is -1.23. The molecule has 0 bridgehead atoms. The van der Waals surface area contributed by atoms with Crippen LogP contribution >= 0.6 is 0 Å². The van der Waals surface area contributed by atoms with Gasteiger partial charge in [0.2, 0.25) is 0 Å². The van der Waals surface area contributed by atoms with Crippen LogP contribution in [0.1, 0.15) is 80.1 Å². The number of carbonyl (C=O) groups is 1. The van der Waals surface area contributed by atoms with E-state index < -0.39 is 48.2 Å². The number of cyclic esters (lactones) is 1. The molecule has 2 aliphatic heterocycles. The highest BCUT2D eigenvalue weighted by molar-refractivity contribution is 5.72. The molecule has 0 radical (unpaired) electrons. The number of esters is 1. The summed E-state index contributed by atoms with van der Waals surface area (Å²) in [6, 6.07) is 0.131. The maximum absolute atomic E-state index is 12.9. The number of likely N-dealkylation sites (N-methyl/N-ethyl adjacent to an activating group) is 1. The Labute approximate surface area is 224 Å². The van der Waals surface area contributed by atoms with Gasteiger partial charge in [-0.15, -0.1) is 0 Å². The van der Waals surface area contributed by atoms with E-state index in [-0.39, 0.29) is 30.5 Å². The fourth-order valence-electron chi connectivity index (χ4n) is 5.69. The fourth-order valence-corrected chi connectivity index (χ4v) is 5.69. The predicted octanol–water partition coefficient (Wildman–Crippen LogP) is 2.40. The van der Waals surface area contributed by atoms with Crippen LogP contribution in [0.25, 0.3) is 0 Å². The van der Waals surface area contributed by atoms with Crippen molar-refractivity contribution in [1.82, 2.24) is 9.80 Å². The van der Waals surface area contributed by atoms with Gasteiger partial charge in [0.1, 0.15) is 6.10 Å². The Bertz CT molecular complexity index is 706. The van der Waals surface area contributed by atoms with Crippen molar-refractivity contribution in [3.8, 4) is 0 Å². The number of hydrogen-bond acceptors (Lipinski definition) is 9. The minimum absolute atomic E-state index is 0.00338. The molecule has 37 heavy (non-hydrogen) atoms. The lowest BCUT2D eigenvalue weighted by atomic mass is 9.83. The predicted molar refractivity (Wildman–Crippen MR) is 143 cm³/mol. The van der Waals surface area contributed by atoms with Crippen LogP contribution in [0, 0.1) is 11.8 Å². The number of rotatable bonds is 4. The van der Waals surface area contributed by atoms with Crippen LogP contribution < -0.4 is 0 Å². The van der Waals surface area contributed by atoms with Crippen LogP contribution in [0.4, 0.5) is 0 Å². The summed E-state index contributed by atoms with van der Waals surface area (Å²) >= 11 is 0. The van der Waals surface area contributed by atoms with Crippen molar-refractivity contribution in [2.24, 2.45) is 11.8 Å². The van der Waals surface area contributed by atoms with E-state index in [0.717, 1.165) is 6.42 Å². The molecular formula is C28H54N2O7. The summed E-state index contributed by atoms with van der Waals surface area (Å²) in [5.41, 5.74) is -1.28. The third kappa shape index (κ3) is 9.41. The average Bonchev–Trinajstić information content (AvgIpc) is 2.80. The first-order valence-corrected chi connectivity index (χ1v) is 14.1. The molecule has 9 nitrogen and oxygen atoms in total. The largest absolute Gasteiger partial charge is 0.462 e. The molecule has 0 aromatic rings. The molecule has 3 N–H and O–H groups in total. The Kier molecular flexibility index (Phi) is 12.3. The zero-order chi connectivity index (χ0) is 28.1. The van der Waals surface area contributed by atoms with Gasteiger partial charge in [-0.2, -0.15) is 0 Å². The van der Waals surface area contributed by atoms with Gasteiger partial charge in [-0.05, 0) is 74.0 Å². The van der Waals surface area contributed by atoms with Crippen LogP contribution in [0.3, 0.4) is 0 Å². The first-order chi connectivity index (χ1) is 17.1. The minimum Gasteiger partial charge on any atom is -0.462 e. The van der Waals surface area contributed by atoms with E-state index >= 15 is 0 Å². The van der Waals surface area contributed by atoms with Gasteiger partial charge in [0.15, 0.2) is 6.29 Å². The summed E-state index contributed by atoms with van der Waals surface area (Å²) in [5, 5.41) is 33.7. The lowest BCUT2D eigenvalue weighted by molar-refractivity contribution is -0.256. The molecular weight excluding hydrogens is 476 g/mol. The van der Waals surface area contributed by atoms with Crippen molar-refractivity contribution in [2.45, 2.75) is 135 Å². The Morgan fingerprint density at radius 1 is 1.08 bits per heavy atom. The fraction of sp³-hybridized carbons (Fsp3) is 0.964. The molecule has 6 unspecified atom stereocenters. The number of nitrogens with zero attached hydrogens (tertiary/aromatic N) is 2. The van der Waals surface area contributed by atoms with Gasteiger partial charge in [0.25, 0.3) is 0 Å². The standard InChI is InChI=1S/C28H54N2O7/c1-10-22-13-24(32)20(5)30(9)16-17(2)15-28(6,34)25(14-23(31)19(4)27(33)36-22)37-26-12-21(29(7)8)11-18(3)35-26/h17-26,31-32,34H,10-16H2,1-9H3/t17-,18?,19?,20?,21?,22-,23+,24?,25-,26?,28-/m1/s1. The number of aliphatic hydroxyl groups is 3. The van der Waals surface area contributed by atoms with Gasteiger partial charge in [-0.3, -0.25) is 4.79 Å².